The van der Waals surface area contributed by atoms with Gasteiger partial charge >= 0.3 is 0 Å². The van der Waals surface area contributed by atoms with Crippen LogP contribution < -0.4 is 5.11 Å². The van der Waals surface area contributed by atoms with Crippen LogP contribution in [0.5, 0.6) is 0 Å². The molecule has 0 radical (unpaired) electrons. The summed E-state index contributed by atoms with van der Waals surface area (Å²) in [6.45, 7) is -0.243. The smallest absolute Gasteiger partial charge is 0.0818 e. The number of rotatable bonds is 2. The number of carbonyl (C=O) groups is 1. The minimum absolute atomic E-state index is 0.113. The number of carbonyl (C=O) groups excluding carboxylic acids is 1. The van der Waals surface area contributed by atoms with Crippen LogP contribution in [0.2, 0.25) is 0 Å². The summed E-state index contributed by atoms with van der Waals surface area (Å²) in [6.07, 6.45) is 0. The first-order valence-corrected chi connectivity index (χ1v) is 3.52. The second-order valence-corrected chi connectivity index (χ2v) is 2.64. The predicted molar refractivity (Wildman–Crippen MR) is 34.6 cm³/mol. The van der Waals surface area contributed by atoms with Crippen LogP contribution in [0.4, 0.5) is 0 Å². The zero-order valence-corrected chi connectivity index (χ0v) is 5.85. The number of hydrogen-bond donors (Lipinski definition) is 1. The molecule has 0 unspecified atom stereocenters. The van der Waals surface area contributed by atoms with Gasteiger partial charge in [0.15, 0.2) is 0 Å². The van der Waals surface area contributed by atoms with Crippen molar-refractivity contribution in [3.05, 3.63) is 21.9 Å². The highest BCUT2D eigenvalue weighted by atomic mass is 32.1. The van der Waals surface area contributed by atoms with Gasteiger partial charge in [-0.05, 0) is 17.0 Å². The molecule has 0 aliphatic heterocycles. The molecule has 0 spiro atoms. The standard InChI is InChI=1S/C6H6O3S/c7-3-4-1-2-10-5(4)6(8)9/h1-2,7H,3H2,(H,8,9)/p-1. The van der Waals surface area contributed by atoms with Gasteiger partial charge in [-0.2, -0.15) is 0 Å². The van der Waals surface area contributed by atoms with E-state index in [1.807, 2.05) is 0 Å². The molecule has 0 saturated heterocycles. The monoisotopic (exact) mass is 157 g/mol. The molecule has 0 bridgehead atoms. The number of aliphatic hydroxyl groups excluding tert-OH is 1. The molecule has 1 aromatic rings. The molecule has 1 aromatic heterocycles. The molecule has 0 amide bonds. The Hall–Kier alpha value is -0.870. The Balaban J connectivity index is 3.01. The molecule has 4 heteroatoms. The summed E-state index contributed by atoms with van der Waals surface area (Å²) in [5.74, 6) is -1.22. The van der Waals surface area contributed by atoms with Gasteiger partial charge in [-0.1, -0.05) is 0 Å². The SMILES string of the molecule is O=C([O-])c1sccc1CO. The van der Waals surface area contributed by atoms with Crippen molar-refractivity contribution < 1.29 is 15.0 Å². The molecule has 0 atom stereocenters. The Bertz CT molecular complexity index is 241. The van der Waals surface area contributed by atoms with Crippen molar-refractivity contribution >= 4 is 17.3 Å². The van der Waals surface area contributed by atoms with Crippen LogP contribution in [-0.4, -0.2) is 11.1 Å². The molecule has 54 valence electrons. The van der Waals surface area contributed by atoms with Gasteiger partial charge in [0.05, 0.1) is 17.5 Å². The molecule has 0 aromatic carbocycles. The van der Waals surface area contributed by atoms with E-state index in [4.69, 9.17) is 5.11 Å². The lowest BCUT2D eigenvalue weighted by Crippen LogP contribution is -2.22. The van der Waals surface area contributed by atoms with Gasteiger partial charge in [-0.25, -0.2) is 0 Å². The van der Waals surface area contributed by atoms with E-state index in [1.54, 1.807) is 11.4 Å². The second-order valence-electron chi connectivity index (χ2n) is 1.72. The van der Waals surface area contributed by atoms with E-state index in [0.29, 0.717) is 5.56 Å². The lowest BCUT2D eigenvalue weighted by molar-refractivity contribution is -0.254. The average molecular weight is 157 g/mol. The van der Waals surface area contributed by atoms with Gasteiger partial charge in [0.25, 0.3) is 0 Å². The third-order valence-electron chi connectivity index (χ3n) is 1.10. The van der Waals surface area contributed by atoms with Crippen LogP contribution in [0.1, 0.15) is 15.2 Å². The van der Waals surface area contributed by atoms with Crippen molar-refractivity contribution in [3.63, 3.8) is 0 Å². The van der Waals surface area contributed by atoms with Crippen LogP contribution >= 0.6 is 11.3 Å². The zero-order chi connectivity index (χ0) is 7.56. The summed E-state index contributed by atoms with van der Waals surface area (Å²) in [6, 6.07) is 1.57. The van der Waals surface area contributed by atoms with Crippen LogP contribution in [0.25, 0.3) is 0 Å². The largest absolute Gasteiger partial charge is 0.544 e. The lowest BCUT2D eigenvalue weighted by atomic mass is 10.3. The van der Waals surface area contributed by atoms with E-state index in [0.717, 1.165) is 11.3 Å². The Labute approximate surface area is 61.6 Å². The van der Waals surface area contributed by atoms with Crippen molar-refractivity contribution in [2.24, 2.45) is 0 Å². The maximum absolute atomic E-state index is 10.2. The maximum atomic E-state index is 10.2. The Morgan fingerprint density at radius 2 is 2.50 bits per heavy atom. The molecule has 1 rings (SSSR count). The number of aliphatic hydroxyl groups is 1. The molecule has 1 heterocycles. The summed E-state index contributed by atoms with van der Waals surface area (Å²) < 4.78 is 0. The first-order chi connectivity index (χ1) is 4.75. The van der Waals surface area contributed by atoms with E-state index < -0.39 is 5.97 Å². The second kappa shape index (κ2) is 2.81. The van der Waals surface area contributed by atoms with Gasteiger partial charge in [0.2, 0.25) is 0 Å². The molecular weight excluding hydrogens is 152 g/mol. The van der Waals surface area contributed by atoms with Crippen molar-refractivity contribution in [3.8, 4) is 0 Å². The zero-order valence-electron chi connectivity index (χ0n) is 5.03. The summed E-state index contributed by atoms with van der Waals surface area (Å²) >= 11 is 1.06. The topological polar surface area (TPSA) is 60.4 Å². The van der Waals surface area contributed by atoms with Gasteiger partial charge in [-0.15, -0.1) is 11.3 Å². The van der Waals surface area contributed by atoms with Crippen LogP contribution in [-0.2, 0) is 6.61 Å². The fraction of sp³-hybridized carbons (Fsp3) is 0.167. The highest BCUT2D eigenvalue weighted by Crippen LogP contribution is 2.14. The average Bonchev–Trinajstić information content (AvgIpc) is 2.33. The third kappa shape index (κ3) is 1.17. The van der Waals surface area contributed by atoms with E-state index in [-0.39, 0.29) is 11.5 Å². The van der Waals surface area contributed by atoms with E-state index in [2.05, 4.69) is 0 Å². The molecular formula is C6H5O3S-. The molecule has 0 fully saturated rings. The number of hydrogen-bond acceptors (Lipinski definition) is 4. The molecule has 3 nitrogen and oxygen atoms in total. The number of thiophene rings is 1. The van der Waals surface area contributed by atoms with E-state index in [9.17, 15) is 9.90 Å². The van der Waals surface area contributed by atoms with Crippen molar-refractivity contribution in [2.75, 3.05) is 0 Å². The fourth-order valence-corrected chi connectivity index (χ4v) is 1.39. The summed E-state index contributed by atoms with van der Waals surface area (Å²) in [4.78, 5) is 10.3. The Kier molecular flexibility index (Phi) is 2.03. The first-order valence-electron chi connectivity index (χ1n) is 2.64. The minimum atomic E-state index is -1.22. The maximum Gasteiger partial charge on any atom is 0.0818 e. The first kappa shape index (κ1) is 7.24. The van der Waals surface area contributed by atoms with Gasteiger partial charge < -0.3 is 15.0 Å². The van der Waals surface area contributed by atoms with E-state index in [1.165, 1.54) is 0 Å². The number of carboxylic acid groups (broad SMARTS) is 1. The molecule has 0 saturated carbocycles. The molecule has 10 heavy (non-hydrogen) atoms. The fourth-order valence-electron chi connectivity index (χ4n) is 0.639. The van der Waals surface area contributed by atoms with Crippen LogP contribution in [0.15, 0.2) is 11.4 Å². The minimum Gasteiger partial charge on any atom is -0.544 e. The van der Waals surface area contributed by atoms with Crippen LogP contribution in [0.3, 0.4) is 0 Å². The number of aromatic carboxylic acids is 1. The quantitative estimate of drug-likeness (QED) is 0.635. The van der Waals surface area contributed by atoms with Gasteiger partial charge in [0, 0.05) is 0 Å². The molecule has 1 N–H and O–H groups in total. The summed E-state index contributed by atoms with van der Waals surface area (Å²) in [5, 5.41) is 20.4. The van der Waals surface area contributed by atoms with Gasteiger partial charge in [-0.3, -0.25) is 0 Å². The molecule has 0 aliphatic carbocycles. The highest BCUT2D eigenvalue weighted by Gasteiger charge is 2.01. The predicted octanol–water partition coefficient (Wildman–Crippen LogP) is -0.396. The summed E-state index contributed by atoms with van der Waals surface area (Å²) in [5.41, 5.74) is 0.421. The Morgan fingerprint density at radius 1 is 1.80 bits per heavy atom. The lowest BCUT2D eigenvalue weighted by Gasteiger charge is -1.99. The Morgan fingerprint density at radius 3 is 2.90 bits per heavy atom. The van der Waals surface area contributed by atoms with Crippen molar-refractivity contribution in [1.82, 2.24) is 0 Å². The molecule has 0 aliphatic rings. The number of carboxylic acids is 1. The van der Waals surface area contributed by atoms with Gasteiger partial charge in [0.1, 0.15) is 0 Å². The highest BCUT2D eigenvalue weighted by molar-refractivity contribution is 7.12. The third-order valence-corrected chi connectivity index (χ3v) is 2.04. The van der Waals surface area contributed by atoms with Crippen molar-refractivity contribution in [2.45, 2.75) is 6.61 Å². The van der Waals surface area contributed by atoms with Crippen LogP contribution in [0, 0.1) is 0 Å². The van der Waals surface area contributed by atoms with E-state index >= 15 is 0 Å². The van der Waals surface area contributed by atoms with Crippen molar-refractivity contribution in [1.29, 1.82) is 0 Å². The normalized spacial score (nSPS) is 9.70. The summed E-state index contributed by atoms with van der Waals surface area (Å²) in [7, 11) is 0.